The summed E-state index contributed by atoms with van der Waals surface area (Å²) in [4.78, 5) is 0. The number of fused-ring (bicyclic) bond motifs is 1. The molecule has 2 heteroatoms. The van der Waals surface area contributed by atoms with E-state index in [-0.39, 0.29) is 0 Å². The third-order valence-electron chi connectivity index (χ3n) is 2.76. The van der Waals surface area contributed by atoms with E-state index in [4.69, 9.17) is 10.5 Å². The van der Waals surface area contributed by atoms with Gasteiger partial charge in [0.25, 0.3) is 0 Å². The van der Waals surface area contributed by atoms with Gasteiger partial charge in [-0.25, -0.2) is 0 Å². The summed E-state index contributed by atoms with van der Waals surface area (Å²) in [5, 5.41) is 0. The van der Waals surface area contributed by atoms with E-state index >= 15 is 0 Å². The molecule has 2 N–H and O–H groups in total. The van der Waals surface area contributed by atoms with Crippen molar-refractivity contribution in [2.75, 3.05) is 13.2 Å². The second kappa shape index (κ2) is 4.49. The van der Waals surface area contributed by atoms with Crippen LogP contribution < -0.4 is 10.5 Å². The van der Waals surface area contributed by atoms with Gasteiger partial charge in [-0.05, 0) is 31.0 Å². The zero-order valence-corrected chi connectivity index (χ0v) is 9.12. The van der Waals surface area contributed by atoms with E-state index in [1.165, 1.54) is 16.7 Å². The number of nitrogens with two attached hydrogens (primary N) is 1. The van der Waals surface area contributed by atoms with E-state index in [0.29, 0.717) is 6.54 Å². The molecule has 2 rings (SSSR count). The molecule has 0 saturated heterocycles. The quantitative estimate of drug-likeness (QED) is 0.818. The third kappa shape index (κ3) is 2.05. The van der Waals surface area contributed by atoms with Crippen LogP contribution in [0, 0.1) is 0 Å². The van der Waals surface area contributed by atoms with Crippen molar-refractivity contribution in [2.45, 2.75) is 19.8 Å². The predicted octanol–water partition coefficient (Wildman–Crippen LogP) is 2.37. The molecule has 0 radical (unpaired) electrons. The van der Waals surface area contributed by atoms with Crippen LogP contribution in [-0.4, -0.2) is 13.2 Å². The van der Waals surface area contributed by atoms with Gasteiger partial charge in [-0.1, -0.05) is 24.3 Å². The van der Waals surface area contributed by atoms with Crippen molar-refractivity contribution in [1.82, 2.24) is 0 Å². The van der Waals surface area contributed by atoms with Crippen molar-refractivity contribution in [3.8, 4) is 5.75 Å². The fraction of sp³-hybridized carbons (Fsp3) is 0.385. The van der Waals surface area contributed by atoms with E-state index in [1.54, 1.807) is 0 Å². The first-order valence-corrected chi connectivity index (χ1v) is 5.45. The predicted molar refractivity (Wildman–Crippen MR) is 63.0 cm³/mol. The molecule has 2 nitrogen and oxygen atoms in total. The highest BCUT2D eigenvalue weighted by atomic mass is 16.5. The molecule has 0 spiro atoms. The molecule has 0 aliphatic carbocycles. The lowest BCUT2D eigenvalue weighted by atomic mass is 10.0. The topological polar surface area (TPSA) is 35.2 Å². The van der Waals surface area contributed by atoms with Gasteiger partial charge in [-0.2, -0.15) is 0 Å². The van der Waals surface area contributed by atoms with Crippen LogP contribution in [-0.2, 0) is 6.42 Å². The van der Waals surface area contributed by atoms with Gasteiger partial charge in [0.05, 0.1) is 6.61 Å². The average Bonchev–Trinajstić information content (AvgIpc) is 2.73. The molecule has 0 aromatic heterocycles. The number of para-hydroxylation sites is 1. The van der Waals surface area contributed by atoms with Gasteiger partial charge in [0, 0.05) is 12.0 Å². The van der Waals surface area contributed by atoms with Crippen LogP contribution in [0.2, 0.25) is 0 Å². The second-order valence-electron chi connectivity index (χ2n) is 3.86. The first-order chi connectivity index (χ1) is 7.33. The van der Waals surface area contributed by atoms with Gasteiger partial charge in [0.15, 0.2) is 0 Å². The minimum Gasteiger partial charge on any atom is -0.492 e. The van der Waals surface area contributed by atoms with Crippen LogP contribution in [0.4, 0.5) is 0 Å². The standard InChI is InChI=1S/C13H17NO/c1-10(4-3-8-14)12-6-2-5-11-7-9-15-13(11)12/h2,4-6H,3,7-9,14H2,1H3/b10-4-. The van der Waals surface area contributed by atoms with E-state index in [1.807, 2.05) is 0 Å². The van der Waals surface area contributed by atoms with Crippen molar-refractivity contribution in [3.63, 3.8) is 0 Å². The number of rotatable bonds is 3. The Balaban J connectivity index is 2.32. The summed E-state index contributed by atoms with van der Waals surface area (Å²) in [5.74, 6) is 1.07. The SMILES string of the molecule is C/C(=C/CCN)c1cccc2c1OCC2. The monoisotopic (exact) mass is 203 g/mol. The van der Waals surface area contributed by atoms with Crippen molar-refractivity contribution >= 4 is 5.57 Å². The minimum absolute atomic E-state index is 0.702. The molecule has 0 bridgehead atoms. The van der Waals surface area contributed by atoms with Crippen LogP contribution in [0.25, 0.3) is 5.57 Å². The largest absolute Gasteiger partial charge is 0.492 e. The van der Waals surface area contributed by atoms with Gasteiger partial charge in [0.2, 0.25) is 0 Å². The molecule has 0 saturated carbocycles. The van der Waals surface area contributed by atoms with E-state index < -0.39 is 0 Å². The Morgan fingerprint density at radius 1 is 1.53 bits per heavy atom. The zero-order valence-electron chi connectivity index (χ0n) is 9.12. The van der Waals surface area contributed by atoms with Crippen LogP contribution in [0.1, 0.15) is 24.5 Å². The first kappa shape index (κ1) is 10.2. The summed E-state index contributed by atoms with van der Waals surface area (Å²) < 4.78 is 5.66. The van der Waals surface area contributed by atoms with Crippen molar-refractivity contribution in [1.29, 1.82) is 0 Å². The molecule has 0 amide bonds. The first-order valence-electron chi connectivity index (χ1n) is 5.45. The Morgan fingerprint density at radius 2 is 2.40 bits per heavy atom. The molecule has 1 aromatic carbocycles. The molecule has 1 aliphatic heterocycles. The van der Waals surface area contributed by atoms with Crippen LogP contribution in [0.5, 0.6) is 5.75 Å². The van der Waals surface area contributed by atoms with Gasteiger partial charge in [-0.3, -0.25) is 0 Å². The fourth-order valence-electron chi connectivity index (χ4n) is 1.94. The van der Waals surface area contributed by atoms with Gasteiger partial charge in [-0.15, -0.1) is 0 Å². The maximum Gasteiger partial charge on any atom is 0.130 e. The summed E-state index contributed by atoms with van der Waals surface area (Å²) in [5.41, 5.74) is 9.30. The maximum atomic E-state index is 5.66. The van der Waals surface area contributed by atoms with Gasteiger partial charge >= 0.3 is 0 Å². The second-order valence-corrected chi connectivity index (χ2v) is 3.86. The highest BCUT2D eigenvalue weighted by Crippen LogP contribution is 2.33. The zero-order chi connectivity index (χ0) is 10.7. The van der Waals surface area contributed by atoms with Gasteiger partial charge in [0.1, 0.15) is 5.75 Å². The molecule has 80 valence electrons. The van der Waals surface area contributed by atoms with E-state index in [2.05, 4.69) is 31.2 Å². The number of allylic oxidation sites excluding steroid dienone is 1. The van der Waals surface area contributed by atoms with E-state index in [0.717, 1.165) is 25.2 Å². The number of ether oxygens (including phenoxy) is 1. The molecule has 1 aliphatic rings. The molecular weight excluding hydrogens is 186 g/mol. The van der Waals surface area contributed by atoms with Crippen LogP contribution >= 0.6 is 0 Å². The fourth-order valence-corrected chi connectivity index (χ4v) is 1.94. The molecule has 0 unspecified atom stereocenters. The van der Waals surface area contributed by atoms with Crippen molar-refractivity contribution in [2.24, 2.45) is 5.73 Å². The molecule has 15 heavy (non-hydrogen) atoms. The summed E-state index contributed by atoms with van der Waals surface area (Å²) in [6.07, 6.45) is 4.14. The van der Waals surface area contributed by atoms with Crippen molar-refractivity contribution in [3.05, 3.63) is 35.4 Å². The molecule has 1 heterocycles. The Kier molecular flexibility index (Phi) is 3.07. The molecule has 0 atom stereocenters. The Bertz CT molecular complexity index is 382. The average molecular weight is 203 g/mol. The summed E-state index contributed by atoms with van der Waals surface area (Å²) in [7, 11) is 0. The van der Waals surface area contributed by atoms with E-state index in [9.17, 15) is 0 Å². The molecular formula is C13H17NO. The lowest BCUT2D eigenvalue weighted by Gasteiger charge is -2.08. The number of hydrogen-bond donors (Lipinski definition) is 1. The van der Waals surface area contributed by atoms with Crippen molar-refractivity contribution < 1.29 is 4.74 Å². The molecule has 0 fully saturated rings. The van der Waals surface area contributed by atoms with Gasteiger partial charge < -0.3 is 10.5 Å². The normalized spacial score (nSPS) is 14.9. The number of hydrogen-bond acceptors (Lipinski definition) is 2. The Morgan fingerprint density at radius 3 is 3.20 bits per heavy atom. The lowest BCUT2D eigenvalue weighted by Crippen LogP contribution is -1.96. The summed E-state index contributed by atoms with van der Waals surface area (Å²) >= 11 is 0. The third-order valence-corrected chi connectivity index (χ3v) is 2.76. The minimum atomic E-state index is 0.702. The van der Waals surface area contributed by atoms with Crippen LogP contribution in [0.15, 0.2) is 24.3 Å². The maximum absolute atomic E-state index is 5.66. The smallest absolute Gasteiger partial charge is 0.130 e. The number of benzene rings is 1. The Labute approximate surface area is 90.7 Å². The Hall–Kier alpha value is -1.28. The summed E-state index contributed by atoms with van der Waals surface area (Å²) in [6, 6.07) is 6.36. The van der Waals surface area contributed by atoms with Crippen LogP contribution in [0.3, 0.4) is 0 Å². The summed E-state index contributed by atoms with van der Waals surface area (Å²) in [6.45, 7) is 3.64. The lowest BCUT2D eigenvalue weighted by molar-refractivity contribution is 0.356. The highest BCUT2D eigenvalue weighted by molar-refractivity contribution is 5.71. The molecule has 1 aromatic rings. The highest BCUT2D eigenvalue weighted by Gasteiger charge is 2.15.